The Hall–Kier alpha value is -2.97. The molecule has 0 fully saturated rings. The first kappa shape index (κ1) is 29.0. The van der Waals surface area contributed by atoms with E-state index in [1.165, 1.54) is 52.7 Å². The molecule has 0 saturated heterocycles. The predicted molar refractivity (Wildman–Crippen MR) is 149 cm³/mol. The molecule has 1 aliphatic rings. The average molecular weight is 594 g/mol. The third-order valence-corrected chi connectivity index (χ3v) is 11.2. The highest BCUT2D eigenvalue weighted by Gasteiger charge is 2.35. The van der Waals surface area contributed by atoms with Gasteiger partial charge in [0.2, 0.25) is 0 Å². The van der Waals surface area contributed by atoms with Gasteiger partial charge in [-0.15, -0.1) is 11.3 Å². The van der Waals surface area contributed by atoms with E-state index in [2.05, 4.69) is 4.72 Å². The normalized spacial score (nSPS) is 19.1. The van der Waals surface area contributed by atoms with Gasteiger partial charge in [-0.05, 0) is 48.7 Å². The van der Waals surface area contributed by atoms with Gasteiger partial charge in [0.15, 0.2) is 0 Å². The summed E-state index contributed by atoms with van der Waals surface area (Å²) in [6.07, 6.45) is -0.642. The molecule has 13 heteroatoms. The number of nitrogens with zero attached hydrogens (tertiary/aromatic N) is 2. The lowest BCUT2D eigenvalue weighted by atomic mass is 9.99. The molecule has 2 heterocycles. The first-order chi connectivity index (χ1) is 18.4. The number of carbonyl (C=O) groups is 1. The Morgan fingerprint density at radius 3 is 2.49 bits per heavy atom. The van der Waals surface area contributed by atoms with Crippen LogP contribution in [0.25, 0.3) is 0 Å². The highest BCUT2D eigenvalue weighted by molar-refractivity contribution is 7.92. The topological polar surface area (TPSA) is 133 Å². The average Bonchev–Trinajstić information content (AvgIpc) is 3.47. The number of nitrogens with one attached hydrogen (secondary N) is 1. The van der Waals surface area contributed by atoms with E-state index in [9.17, 15) is 26.7 Å². The molecule has 0 unspecified atom stereocenters. The zero-order chi connectivity index (χ0) is 28.4. The van der Waals surface area contributed by atoms with Gasteiger partial charge in [-0.3, -0.25) is 9.52 Å². The van der Waals surface area contributed by atoms with E-state index >= 15 is 0 Å². The lowest BCUT2D eigenvalue weighted by molar-refractivity contribution is 0.0387. The Labute approximate surface area is 232 Å². The maximum absolute atomic E-state index is 13.6. The molecule has 39 heavy (non-hydrogen) atoms. The Balaban J connectivity index is 1.69. The Morgan fingerprint density at radius 2 is 1.85 bits per heavy atom. The standard InChI is InChI=1S/C26H31N3O7S3/c1-18-15-29(19(2)17-30)26(31)22-14-20(27-38(32,33)21-8-5-4-6-9-21)11-12-23(22)36-24(18)16-28(3)39(34,35)25-10-7-13-37-25/h4-14,18-19,24,27,30H,15-17H2,1-3H3/t18-,19+,24-/m1/s1. The number of benzene rings is 2. The van der Waals surface area contributed by atoms with E-state index in [0.29, 0.717) is 0 Å². The predicted octanol–water partition coefficient (Wildman–Crippen LogP) is 3.09. The fourth-order valence-electron chi connectivity index (χ4n) is 4.23. The molecule has 0 spiro atoms. The van der Waals surface area contributed by atoms with Gasteiger partial charge in [-0.1, -0.05) is 31.2 Å². The van der Waals surface area contributed by atoms with E-state index in [4.69, 9.17) is 4.74 Å². The number of rotatable bonds is 9. The van der Waals surface area contributed by atoms with Crippen LogP contribution in [0.1, 0.15) is 24.2 Å². The van der Waals surface area contributed by atoms with Crippen molar-refractivity contribution in [1.82, 2.24) is 9.21 Å². The number of carbonyl (C=O) groups excluding carboxylic acids is 1. The fourth-order valence-corrected chi connectivity index (χ4v) is 7.69. The molecule has 2 aromatic carbocycles. The van der Waals surface area contributed by atoms with E-state index in [-0.39, 0.29) is 51.7 Å². The summed E-state index contributed by atoms with van der Waals surface area (Å²) in [6, 6.07) is 14.9. The van der Waals surface area contributed by atoms with Crippen molar-refractivity contribution >= 4 is 43.0 Å². The molecular weight excluding hydrogens is 563 g/mol. The quantitative estimate of drug-likeness (QED) is 0.390. The second-order valence-corrected chi connectivity index (χ2v) is 14.4. The number of amides is 1. The molecule has 3 atom stereocenters. The van der Waals surface area contributed by atoms with Crippen LogP contribution in [0.15, 0.2) is 75.1 Å². The molecule has 3 aromatic rings. The van der Waals surface area contributed by atoms with Crippen LogP contribution >= 0.6 is 11.3 Å². The van der Waals surface area contributed by atoms with Crippen LogP contribution in [0, 0.1) is 5.92 Å². The zero-order valence-electron chi connectivity index (χ0n) is 21.7. The summed E-state index contributed by atoms with van der Waals surface area (Å²) in [5, 5.41) is 11.5. The number of thiophene rings is 1. The first-order valence-corrected chi connectivity index (χ1v) is 16.0. The number of hydrogen-bond donors (Lipinski definition) is 2. The van der Waals surface area contributed by atoms with Gasteiger partial charge in [0.1, 0.15) is 16.1 Å². The summed E-state index contributed by atoms with van der Waals surface area (Å²) >= 11 is 1.12. The Kier molecular flexibility index (Phi) is 8.66. The molecule has 10 nitrogen and oxygen atoms in total. The minimum atomic E-state index is -3.91. The lowest BCUT2D eigenvalue weighted by Gasteiger charge is -2.38. The van der Waals surface area contributed by atoms with Crippen LogP contribution in [0.5, 0.6) is 5.75 Å². The smallest absolute Gasteiger partial charge is 0.261 e. The number of fused-ring (bicyclic) bond motifs is 1. The highest BCUT2D eigenvalue weighted by Crippen LogP contribution is 2.32. The SMILES string of the molecule is C[C@@H]1CN([C@@H](C)CO)C(=O)c2cc(NS(=O)(=O)c3ccccc3)ccc2O[C@@H]1CN(C)S(=O)(=O)c1cccs1. The van der Waals surface area contributed by atoms with Gasteiger partial charge in [0.25, 0.3) is 26.0 Å². The van der Waals surface area contributed by atoms with Crippen LogP contribution in [0.3, 0.4) is 0 Å². The number of hydrogen-bond acceptors (Lipinski definition) is 8. The number of aliphatic hydroxyl groups excluding tert-OH is 1. The van der Waals surface area contributed by atoms with E-state index in [0.717, 1.165) is 11.3 Å². The van der Waals surface area contributed by atoms with E-state index < -0.39 is 38.1 Å². The van der Waals surface area contributed by atoms with Crippen molar-refractivity contribution in [3.05, 3.63) is 71.6 Å². The van der Waals surface area contributed by atoms with Crippen molar-refractivity contribution in [3.63, 3.8) is 0 Å². The van der Waals surface area contributed by atoms with Crippen molar-refractivity contribution in [3.8, 4) is 5.75 Å². The van der Waals surface area contributed by atoms with Crippen molar-refractivity contribution < 1.29 is 31.5 Å². The molecule has 0 aliphatic carbocycles. The number of aliphatic hydroxyl groups is 1. The number of likely N-dealkylation sites (N-methyl/N-ethyl adjacent to an activating group) is 1. The molecule has 4 rings (SSSR count). The van der Waals surface area contributed by atoms with Gasteiger partial charge in [-0.25, -0.2) is 16.8 Å². The summed E-state index contributed by atoms with van der Waals surface area (Å²) in [6.45, 7) is 3.48. The molecule has 1 amide bonds. The van der Waals surface area contributed by atoms with Gasteiger partial charge in [-0.2, -0.15) is 4.31 Å². The Bertz CT molecular complexity index is 1510. The maximum atomic E-state index is 13.6. The minimum Gasteiger partial charge on any atom is -0.488 e. The summed E-state index contributed by atoms with van der Waals surface area (Å²) in [7, 11) is -6.17. The molecule has 1 aliphatic heterocycles. The third-order valence-electron chi connectivity index (χ3n) is 6.57. The summed E-state index contributed by atoms with van der Waals surface area (Å²) in [5.74, 6) is -0.540. The number of ether oxygens (including phenoxy) is 1. The molecular formula is C26H31N3O7S3. The second kappa shape index (κ2) is 11.6. The Morgan fingerprint density at radius 1 is 1.13 bits per heavy atom. The van der Waals surface area contributed by atoms with Crippen LogP contribution in [0.2, 0.25) is 0 Å². The summed E-state index contributed by atoms with van der Waals surface area (Å²) in [4.78, 5) is 15.2. The molecule has 210 valence electrons. The largest absolute Gasteiger partial charge is 0.488 e. The lowest BCUT2D eigenvalue weighted by Crippen LogP contribution is -2.50. The minimum absolute atomic E-state index is 0.0127. The van der Waals surface area contributed by atoms with Crippen LogP contribution < -0.4 is 9.46 Å². The van der Waals surface area contributed by atoms with Crippen molar-refractivity contribution in [2.75, 3.05) is 31.5 Å². The zero-order valence-corrected chi connectivity index (χ0v) is 24.2. The number of anilines is 1. The first-order valence-electron chi connectivity index (χ1n) is 12.2. The van der Waals surface area contributed by atoms with Gasteiger partial charge in [0.05, 0.1) is 29.7 Å². The van der Waals surface area contributed by atoms with Gasteiger partial charge < -0.3 is 14.7 Å². The van der Waals surface area contributed by atoms with Crippen molar-refractivity contribution in [1.29, 1.82) is 0 Å². The van der Waals surface area contributed by atoms with Gasteiger partial charge in [0, 0.05) is 25.2 Å². The molecule has 0 bridgehead atoms. The van der Waals surface area contributed by atoms with E-state index in [1.54, 1.807) is 36.6 Å². The highest BCUT2D eigenvalue weighted by atomic mass is 32.2. The van der Waals surface area contributed by atoms with Crippen LogP contribution in [0.4, 0.5) is 5.69 Å². The number of sulfonamides is 2. The van der Waals surface area contributed by atoms with Crippen molar-refractivity contribution in [2.24, 2.45) is 5.92 Å². The van der Waals surface area contributed by atoms with Crippen molar-refractivity contribution in [2.45, 2.75) is 35.1 Å². The summed E-state index contributed by atoms with van der Waals surface area (Å²) < 4.78 is 62.0. The maximum Gasteiger partial charge on any atom is 0.261 e. The third kappa shape index (κ3) is 6.28. The van der Waals surface area contributed by atoms with Crippen LogP contribution in [-0.4, -0.2) is 75.9 Å². The van der Waals surface area contributed by atoms with Gasteiger partial charge >= 0.3 is 0 Å². The molecule has 1 aromatic heterocycles. The molecule has 0 radical (unpaired) electrons. The monoisotopic (exact) mass is 593 g/mol. The van der Waals surface area contributed by atoms with Crippen LogP contribution in [-0.2, 0) is 20.0 Å². The van der Waals surface area contributed by atoms with E-state index in [1.807, 2.05) is 6.92 Å². The molecule has 0 saturated carbocycles. The molecule has 2 N–H and O–H groups in total. The fraction of sp³-hybridized carbons (Fsp3) is 0.346. The second-order valence-electron chi connectivity index (χ2n) is 9.47. The summed E-state index contributed by atoms with van der Waals surface area (Å²) in [5.41, 5.74) is 0.262.